The topological polar surface area (TPSA) is 49.3 Å². The molecule has 0 aliphatic rings. The van der Waals surface area contributed by atoms with E-state index in [9.17, 15) is 4.79 Å². The van der Waals surface area contributed by atoms with Gasteiger partial charge in [0.15, 0.2) is 0 Å². The highest BCUT2D eigenvalue weighted by atomic mass is 79.9. The van der Waals surface area contributed by atoms with Gasteiger partial charge in [0, 0.05) is 23.0 Å². The number of hydrogen-bond donors (Lipinski definition) is 2. The fourth-order valence-electron chi connectivity index (χ4n) is 1.09. The number of aromatic carboxylic acids is 1. The third kappa shape index (κ3) is 3.69. The molecule has 1 aromatic carbocycles. The highest BCUT2D eigenvalue weighted by molar-refractivity contribution is 9.10. The Morgan fingerprint density at radius 1 is 1.56 bits per heavy atom. The highest BCUT2D eigenvalue weighted by Gasteiger charge is 2.04. The molecule has 4 heteroatoms. The average molecular weight is 282 g/mol. The molecule has 0 spiro atoms. The number of carboxylic acid groups (broad SMARTS) is 1. The smallest absolute Gasteiger partial charge is 0.335 e. The number of halogens is 1. The van der Waals surface area contributed by atoms with Crippen LogP contribution in [0, 0.1) is 11.8 Å². The molecular formula is C12H12BrNO2. The zero-order valence-electron chi connectivity index (χ0n) is 8.88. The van der Waals surface area contributed by atoms with Crippen molar-refractivity contribution in [3.05, 3.63) is 33.8 Å². The van der Waals surface area contributed by atoms with Gasteiger partial charge in [0.1, 0.15) is 0 Å². The van der Waals surface area contributed by atoms with E-state index in [0.717, 1.165) is 18.5 Å². The Bertz CT molecular complexity index is 446. The van der Waals surface area contributed by atoms with Gasteiger partial charge in [-0.15, -0.1) is 0 Å². The van der Waals surface area contributed by atoms with E-state index in [4.69, 9.17) is 5.11 Å². The fraction of sp³-hybridized carbons (Fsp3) is 0.250. The summed E-state index contributed by atoms with van der Waals surface area (Å²) in [6, 6.07) is 4.82. The molecule has 0 amide bonds. The largest absolute Gasteiger partial charge is 0.478 e. The van der Waals surface area contributed by atoms with E-state index in [1.807, 2.05) is 7.05 Å². The second kappa shape index (κ2) is 6.31. The maximum atomic E-state index is 10.7. The van der Waals surface area contributed by atoms with Crippen LogP contribution in [0.25, 0.3) is 0 Å². The van der Waals surface area contributed by atoms with E-state index in [1.54, 1.807) is 18.2 Å². The molecule has 0 saturated carbocycles. The second-order valence-corrected chi connectivity index (χ2v) is 4.01. The van der Waals surface area contributed by atoms with Gasteiger partial charge in [-0.1, -0.05) is 11.8 Å². The minimum absolute atomic E-state index is 0.257. The summed E-state index contributed by atoms with van der Waals surface area (Å²) in [5.41, 5.74) is 1.06. The van der Waals surface area contributed by atoms with Crippen molar-refractivity contribution in [3.8, 4) is 11.8 Å². The molecule has 0 aliphatic carbocycles. The van der Waals surface area contributed by atoms with Crippen molar-refractivity contribution in [2.45, 2.75) is 6.42 Å². The van der Waals surface area contributed by atoms with E-state index >= 15 is 0 Å². The quantitative estimate of drug-likeness (QED) is 0.659. The summed E-state index contributed by atoms with van der Waals surface area (Å²) in [5, 5.41) is 11.8. The minimum Gasteiger partial charge on any atom is -0.478 e. The maximum absolute atomic E-state index is 10.7. The molecule has 84 valence electrons. The Kier molecular flexibility index (Phi) is 5.03. The maximum Gasteiger partial charge on any atom is 0.335 e. The van der Waals surface area contributed by atoms with Crippen molar-refractivity contribution in [1.29, 1.82) is 0 Å². The van der Waals surface area contributed by atoms with Gasteiger partial charge in [-0.3, -0.25) is 0 Å². The van der Waals surface area contributed by atoms with Crippen molar-refractivity contribution in [1.82, 2.24) is 5.32 Å². The second-order valence-electron chi connectivity index (χ2n) is 3.16. The molecule has 0 fully saturated rings. The molecule has 0 aliphatic heterocycles. The molecule has 0 aromatic heterocycles. The van der Waals surface area contributed by atoms with Crippen molar-refractivity contribution < 1.29 is 9.90 Å². The lowest BCUT2D eigenvalue weighted by molar-refractivity contribution is 0.0697. The van der Waals surface area contributed by atoms with Crippen LogP contribution in [-0.2, 0) is 0 Å². The Labute approximate surface area is 103 Å². The number of carbonyl (C=O) groups is 1. The summed E-state index contributed by atoms with van der Waals surface area (Å²) in [5.74, 6) is 5.05. The molecule has 1 rings (SSSR count). The zero-order valence-corrected chi connectivity index (χ0v) is 10.5. The van der Waals surface area contributed by atoms with Crippen molar-refractivity contribution in [3.63, 3.8) is 0 Å². The molecule has 0 unspecified atom stereocenters. The number of hydrogen-bond acceptors (Lipinski definition) is 2. The number of nitrogens with one attached hydrogen (secondary N) is 1. The van der Waals surface area contributed by atoms with Crippen molar-refractivity contribution in [2.75, 3.05) is 13.6 Å². The van der Waals surface area contributed by atoms with Crippen LogP contribution in [-0.4, -0.2) is 24.7 Å². The Hall–Kier alpha value is -1.31. The average Bonchev–Trinajstić information content (AvgIpc) is 2.26. The molecule has 3 nitrogen and oxygen atoms in total. The van der Waals surface area contributed by atoms with Gasteiger partial charge in [-0.25, -0.2) is 4.79 Å². The first kappa shape index (κ1) is 12.8. The van der Waals surface area contributed by atoms with E-state index in [1.165, 1.54) is 0 Å². The van der Waals surface area contributed by atoms with Gasteiger partial charge in [0.05, 0.1) is 5.56 Å². The lowest BCUT2D eigenvalue weighted by atomic mass is 10.1. The third-order valence-electron chi connectivity index (χ3n) is 1.94. The first-order valence-electron chi connectivity index (χ1n) is 4.81. The summed E-state index contributed by atoms with van der Waals surface area (Å²) in [7, 11) is 1.87. The molecular weight excluding hydrogens is 270 g/mol. The van der Waals surface area contributed by atoms with Crippen LogP contribution in [0.1, 0.15) is 22.3 Å². The summed E-state index contributed by atoms with van der Waals surface area (Å²) >= 11 is 3.30. The van der Waals surface area contributed by atoms with Crippen LogP contribution in [0.2, 0.25) is 0 Å². The molecule has 2 N–H and O–H groups in total. The zero-order chi connectivity index (χ0) is 12.0. The SMILES string of the molecule is CNCCC#Cc1ccc(C(=O)O)cc1Br. The lowest BCUT2D eigenvalue weighted by Gasteiger charge is -1.98. The van der Waals surface area contributed by atoms with Crippen LogP contribution in [0.5, 0.6) is 0 Å². The van der Waals surface area contributed by atoms with Gasteiger partial charge in [0.2, 0.25) is 0 Å². The molecule has 16 heavy (non-hydrogen) atoms. The van der Waals surface area contributed by atoms with E-state index in [0.29, 0.717) is 4.47 Å². The van der Waals surface area contributed by atoms with Crippen LogP contribution >= 0.6 is 15.9 Å². The molecule has 0 radical (unpaired) electrons. The normalized spacial score (nSPS) is 9.38. The van der Waals surface area contributed by atoms with Crippen molar-refractivity contribution >= 4 is 21.9 Å². The van der Waals surface area contributed by atoms with Gasteiger partial charge in [-0.05, 0) is 41.2 Å². The monoisotopic (exact) mass is 281 g/mol. The lowest BCUT2D eigenvalue weighted by Crippen LogP contribution is -2.05. The summed E-state index contributed by atoms with van der Waals surface area (Å²) in [6.45, 7) is 0.845. The molecule has 0 saturated heterocycles. The van der Waals surface area contributed by atoms with Gasteiger partial charge in [-0.2, -0.15) is 0 Å². The van der Waals surface area contributed by atoms with Gasteiger partial charge in [0.25, 0.3) is 0 Å². The molecule has 0 bridgehead atoms. The number of rotatable bonds is 3. The van der Waals surface area contributed by atoms with Crippen LogP contribution in [0.3, 0.4) is 0 Å². The Morgan fingerprint density at radius 2 is 2.31 bits per heavy atom. The van der Waals surface area contributed by atoms with Crippen LogP contribution in [0.4, 0.5) is 0 Å². The number of carboxylic acids is 1. The first-order valence-corrected chi connectivity index (χ1v) is 5.60. The van der Waals surface area contributed by atoms with E-state index in [2.05, 4.69) is 33.1 Å². The third-order valence-corrected chi connectivity index (χ3v) is 2.60. The van der Waals surface area contributed by atoms with Gasteiger partial charge >= 0.3 is 5.97 Å². The predicted octanol–water partition coefficient (Wildman–Crippen LogP) is 2.11. The first-order chi connectivity index (χ1) is 7.65. The Morgan fingerprint density at radius 3 is 2.88 bits per heavy atom. The van der Waals surface area contributed by atoms with Crippen molar-refractivity contribution in [2.24, 2.45) is 0 Å². The Balaban J connectivity index is 2.81. The van der Waals surface area contributed by atoms with E-state index in [-0.39, 0.29) is 5.56 Å². The van der Waals surface area contributed by atoms with Gasteiger partial charge < -0.3 is 10.4 Å². The predicted molar refractivity (Wildman–Crippen MR) is 66.5 cm³/mol. The minimum atomic E-state index is -0.935. The van der Waals surface area contributed by atoms with Crippen LogP contribution < -0.4 is 5.32 Å². The summed E-state index contributed by atoms with van der Waals surface area (Å²) in [4.78, 5) is 10.7. The summed E-state index contributed by atoms with van der Waals surface area (Å²) < 4.78 is 0.712. The molecule has 0 heterocycles. The van der Waals surface area contributed by atoms with E-state index < -0.39 is 5.97 Å². The fourth-order valence-corrected chi connectivity index (χ4v) is 1.57. The standard InChI is InChI=1S/C12H12BrNO2/c1-14-7-3-2-4-9-5-6-10(12(15)16)8-11(9)13/h5-6,8,14H,3,7H2,1H3,(H,15,16). The molecule has 1 aromatic rings. The molecule has 0 atom stereocenters. The number of benzene rings is 1. The summed E-state index contributed by atoms with van der Waals surface area (Å²) in [6.07, 6.45) is 0.767. The highest BCUT2D eigenvalue weighted by Crippen LogP contribution is 2.17. The van der Waals surface area contributed by atoms with Crippen LogP contribution in [0.15, 0.2) is 22.7 Å².